The number of nitrogen functional groups attached to an aromatic ring is 1. The SMILES string of the molecule is Cn1c(N)c([C@H](c2cccc(Cl)c2)N2CCN(c3ccccc3)CC2)c(=O)n(C)c1=O. The number of nitrogens with zero attached hydrogens (tertiary/aromatic N) is 4. The Morgan fingerprint density at radius 3 is 2.23 bits per heavy atom. The summed E-state index contributed by atoms with van der Waals surface area (Å²) in [6, 6.07) is 17.4. The van der Waals surface area contributed by atoms with Gasteiger partial charge in [-0.1, -0.05) is 41.9 Å². The number of rotatable bonds is 4. The van der Waals surface area contributed by atoms with Gasteiger partial charge in [0.25, 0.3) is 5.56 Å². The average Bonchev–Trinajstić information content (AvgIpc) is 2.80. The molecule has 0 spiro atoms. The van der Waals surface area contributed by atoms with Crippen molar-refractivity contribution in [3.63, 3.8) is 0 Å². The Hall–Kier alpha value is -3.03. The van der Waals surface area contributed by atoms with Gasteiger partial charge in [-0.25, -0.2) is 4.79 Å². The topological polar surface area (TPSA) is 76.5 Å². The molecule has 3 aromatic rings. The number of halogens is 1. The van der Waals surface area contributed by atoms with Crippen LogP contribution in [0.4, 0.5) is 11.5 Å². The monoisotopic (exact) mass is 439 g/mol. The molecule has 2 N–H and O–H groups in total. The van der Waals surface area contributed by atoms with Gasteiger partial charge in [0.15, 0.2) is 0 Å². The third-order valence-electron chi connectivity index (χ3n) is 5.98. The number of hydrogen-bond acceptors (Lipinski definition) is 5. The van der Waals surface area contributed by atoms with Crippen molar-refractivity contribution in [2.75, 3.05) is 36.8 Å². The predicted molar refractivity (Wildman–Crippen MR) is 125 cm³/mol. The van der Waals surface area contributed by atoms with E-state index in [2.05, 4.69) is 21.9 Å². The highest BCUT2D eigenvalue weighted by molar-refractivity contribution is 6.30. The van der Waals surface area contributed by atoms with Gasteiger partial charge in [0.05, 0.1) is 11.6 Å². The molecule has 0 bridgehead atoms. The highest BCUT2D eigenvalue weighted by Crippen LogP contribution is 2.32. The fraction of sp³-hybridized carbons (Fsp3) is 0.304. The lowest BCUT2D eigenvalue weighted by atomic mass is 9.97. The summed E-state index contributed by atoms with van der Waals surface area (Å²) >= 11 is 6.29. The second-order valence-corrected chi connectivity index (χ2v) is 8.26. The van der Waals surface area contributed by atoms with Gasteiger partial charge in [-0.3, -0.25) is 18.8 Å². The molecule has 0 saturated carbocycles. The standard InChI is InChI=1S/C23H26ClN5O2/c1-26-21(25)19(22(30)27(2)23(26)31)20(16-7-6-8-17(24)15-16)29-13-11-28(12-14-29)18-9-4-3-5-10-18/h3-10,15,20H,11-14,25H2,1-2H3/t20-/m0/s1. The van der Waals surface area contributed by atoms with E-state index in [0.717, 1.165) is 36.3 Å². The molecule has 2 aromatic carbocycles. The van der Waals surface area contributed by atoms with Gasteiger partial charge in [0.2, 0.25) is 0 Å². The molecule has 0 radical (unpaired) electrons. The van der Waals surface area contributed by atoms with Crippen LogP contribution >= 0.6 is 11.6 Å². The lowest BCUT2D eigenvalue weighted by molar-refractivity contribution is 0.210. The number of para-hydroxylation sites is 1. The number of anilines is 2. The minimum absolute atomic E-state index is 0.184. The van der Waals surface area contributed by atoms with E-state index < -0.39 is 11.7 Å². The summed E-state index contributed by atoms with van der Waals surface area (Å²) in [6.45, 7) is 3.09. The van der Waals surface area contributed by atoms with Crippen molar-refractivity contribution in [1.82, 2.24) is 14.0 Å². The van der Waals surface area contributed by atoms with Crippen LogP contribution in [0.15, 0.2) is 64.2 Å². The number of hydrogen-bond donors (Lipinski definition) is 1. The zero-order chi connectivity index (χ0) is 22.1. The summed E-state index contributed by atoms with van der Waals surface area (Å²) in [5.41, 5.74) is 7.98. The van der Waals surface area contributed by atoms with Gasteiger partial charge in [0.1, 0.15) is 5.82 Å². The van der Waals surface area contributed by atoms with Crippen LogP contribution in [-0.4, -0.2) is 40.2 Å². The molecule has 8 heteroatoms. The van der Waals surface area contributed by atoms with Crippen LogP contribution in [0, 0.1) is 0 Å². The van der Waals surface area contributed by atoms with E-state index >= 15 is 0 Å². The van der Waals surface area contributed by atoms with Crippen LogP contribution in [0.5, 0.6) is 0 Å². The summed E-state index contributed by atoms with van der Waals surface area (Å²) in [4.78, 5) is 30.1. The molecule has 1 aromatic heterocycles. The van der Waals surface area contributed by atoms with E-state index in [9.17, 15) is 9.59 Å². The van der Waals surface area contributed by atoms with E-state index in [1.54, 1.807) is 13.1 Å². The zero-order valence-electron chi connectivity index (χ0n) is 17.7. The maximum absolute atomic E-state index is 13.2. The Morgan fingerprint density at radius 2 is 1.58 bits per heavy atom. The Labute approximate surface area is 185 Å². The van der Waals surface area contributed by atoms with E-state index in [0.29, 0.717) is 10.6 Å². The molecule has 31 heavy (non-hydrogen) atoms. The fourth-order valence-corrected chi connectivity index (χ4v) is 4.46. The average molecular weight is 440 g/mol. The molecule has 1 fully saturated rings. The first-order valence-corrected chi connectivity index (χ1v) is 10.6. The van der Waals surface area contributed by atoms with Crippen LogP contribution in [0.3, 0.4) is 0 Å². The first-order valence-electron chi connectivity index (χ1n) is 10.2. The summed E-state index contributed by atoms with van der Waals surface area (Å²) in [5.74, 6) is 0.184. The lowest BCUT2D eigenvalue weighted by Gasteiger charge is -2.40. The molecule has 1 atom stereocenters. The maximum atomic E-state index is 13.2. The molecule has 7 nitrogen and oxygen atoms in total. The van der Waals surface area contributed by atoms with Gasteiger partial charge in [-0.05, 0) is 29.8 Å². The van der Waals surface area contributed by atoms with E-state index in [1.165, 1.54) is 17.3 Å². The van der Waals surface area contributed by atoms with Gasteiger partial charge in [0, 0.05) is 51.0 Å². The first kappa shape index (κ1) is 21.2. The van der Waals surface area contributed by atoms with Crippen molar-refractivity contribution in [2.24, 2.45) is 14.1 Å². The van der Waals surface area contributed by atoms with Crippen LogP contribution in [0.2, 0.25) is 5.02 Å². The predicted octanol–water partition coefficient (Wildman–Crippen LogP) is 2.23. The van der Waals surface area contributed by atoms with E-state index in [-0.39, 0.29) is 11.4 Å². The lowest BCUT2D eigenvalue weighted by Crippen LogP contribution is -2.50. The number of aromatic nitrogens is 2. The fourth-order valence-electron chi connectivity index (χ4n) is 4.26. The van der Waals surface area contributed by atoms with Crippen LogP contribution in [-0.2, 0) is 14.1 Å². The number of benzene rings is 2. The molecule has 4 rings (SSSR count). The van der Waals surface area contributed by atoms with Crippen molar-refractivity contribution in [2.45, 2.75) is 6.04 Å². The highest BCUT2D eigenvalue weighted by Gasteiger charge is 2.31. The Bertz CT molecular complexity index is 1200. The quantitative estimate of drug-likeness (QED) is 0.674. The Balaban J connectivity index is 1.76. The van der Waals surface area contributed by atoms with Gasteiger partial charge < -0.3 is 10.6 Å². The summed E-state index contributed by atoms with van der Waals surface area (Å²) in [7, 11) is 3.07. The molecular formula is C23H26ClN5O2. The first-order chi connectivity index (χ1) is 14.9. The molecular weight excluding hydrogens is 414 g/mol. The molecule has 0 aliphatic carbocycles. The second kappa shape index (κ2) is 8.61. The second-order valence-electron chi connectivity index (χ2n) is 7.82. The smallest absolute Gasteiger partial charge is 0.332 e. The van der Waals surface area contributed by atoms with Crippen LogP contribution < -0.4 is 21.9 Å². The minimum Gasteiger partial charge on any atom is -0.385 e. The zero-order valence-corrected chi connectivity index (χ0v) is 18.4. The molecule has 1 aliphatic rings. The normalized spacial score (nSPS) is 15.8. The van der Waals surface area contributed by atoms with Crippen LogP contribution in [0.25, 0.3) is 0 Å². The Morgan fingerprint density at radius 1 is 0.903 bits per heavy atom. The highest BCUT2D eigenvalue weighted by atomic mass is 35.5. The van der Waals surface area contributed by atoms with Crippen molar-refractivity contribution in [3.05, 3.63) is 91.6 Å². The molecule has 0 unspecified atom stereocenters. The van der Waals surface area contributed by atoms with Gasteiger partial charge >= 0.3 is 5.69 Å². The van der Waals surface area contributed by atoms with Crippen molar-refractivity contribution in [3.8, 4) is 0 Å². The summed E-state index contributed by atoms with van der Waals surface area (Å²) in [6.07, 6.45) is 0. The summed E-state index contributed by atoms with van der Waals surface area (Å²) < 4.78 is 2.44. The van der Waals surface area contributed by atoms with Gasteiger partial charge in [-0.15, -0.1) is 0 Å². The van der Waals surface area contributed by atoms with Crippen LogP contribution in [0.1, 0.15) is 17.2 Å². The minimum atomic E-state index is -0.440. The summed E-state index contributed by atoms with van der Waals surface area (Å²) in [5, 5.41) is 0.589. The number of piperazine rings is 1. The van der Waals surface area contributed by atoms with Crippen molar-refractivity contribution < 1.29 is 0 Å². The Kier molecular flexibility index (Phi) is 5.89. The van der Waals surface area contributed by atoms with E-state index in [4.69, 9.17) is 17.3 Å². The number of nitrogens with two attached hydrogens (primary N) is 1. The van der Waals surface area contributed by atoms with Gasteiger partial charge in [-0.2, -0.15) is 0 Å². The molecule has 1 aliphatic heterocycles. The van der Waals surface area contributed by atoms with Crippen molar-refractivity contribution in [1.29, 1.82) is 0 Å². The molecule has 1 saturated heterocycles. The molecule has 162 valence electrons. The third kappa shape index (κ3) is 3.98. The van der Waals surface area contributed by atoms with Crippen molar-refractivity contribution >= 4 is 23.1 Å². The van der Waals surface area contributed by atoms with E-state index in [1.807, 2.05) is 36.4 Å². The maximum Gasteiger partial charge on any atom is 0.332 e. The largest absolute Gasteiger partial charge is 0.385 e. The molecule has 0 amide bonds. The molecule has 2 heterocycles. The third-order valence-corrected chi connectivity index (χ3v) is 6.22.